The summed E-state index contributed by atoms with van der Waals surface area (Å²) in [5.74, 6) is 0.583. The maximum absolute atomic E-state index is 6.29. The van der Waals surface area contributed by atoms with Crippen LogP contribution < -0.4 is 11.5 Å². The lowest BCUT2D eigenvalue weighted by molar-refractivity contribution is 0.0910. The van der Waals surface area contributed by atoms with Crippen LogP contribution in [0.1, 0.15) is 69.3 Å². The van der Waals surface area contributed by atoms with E-state index in [4.69, 9.17) is 11.5 Å². The van der Waals surface area contributed by atoms with Gasteiger partial charge in [-0.05, 0) is 62.5 Å². The molecule has 3 atom stereocenters. The van der Waals surface area contributed by atoms with Crippen LogP contribution in [0.25, 0.3) is 0 Å². The molecular weight excluding hydrogens is 294 g/mol. The molecule has 2 fully saturated rings. The Bertz CT molecular complexity index is 595. The van der Waals surface area contributed by atoms with Crippen molar-refractivity contribution in [3.63, 3.8) is 0 Å². The van der Waals surface area contributed by atoms with Gasteiger partial charge < -0.3 is 11.5 Å². The van der Waals surface area contributed by atoms with Crippen LogP contribution in [-0.2, 0) is 0 Å². The van der Waals surface area contributed by atoms with Crippen LogP contribution in [0.3, 0.4) is 0 Å². The summed E-state index contributed by atoms with van der Waals surface area (Å²) >= 11 is 0. The molecule has 1 aromatic carbocycles. The summed E-state index contributed by atoms with van der Waals surface area (Å²) in [5.41, 5.74) is 15.2. The number of hydrogen-bond acceptors (Lipinski definition) is 3. The second-order valence-electron chi connectivity index (χ2n) is 7.98. The Hall–Kier alpha value is -1.48. The van der Waals surface area contributed by atoms with Crippen molar-refractivity contribution in [1.82, 2.24) is 4.90 Å². The van der Waals surface area contributed by atoms with Gasteiger partial charge in [-0.1, -0.05) is 37.1 Å². The summed E-state index contributed by atoms with van der Waals surface area (Å²) in [5, 5.41) is 0. The van der Waals surface area contributed by atoms with E-state index in [0.717, 1.165) is 23.5 Å². The largest absolute Gasteiger partial charge is 0.397 e. The topological polar surface area (TPSA) is 55.3 Å². The first-order valence-corrected chi connectivity index (χ1v) is 9.82. The highest BCUT2D eigenvalue weighted by Crippen LogP contribution is 2.46. The van der Waals surface area contributed by atoms with Gasteiger partial charge in [0, 0.05) is 18.1 Å². The van der Waals surface area contributed by atoms with E-state index < -0.39 is 0 Å². The summed E-state index contributed by atoms with van der Waals surface area (Å²) in [6, 6.07) is 8.30. The van der Waals surface area contributed by atoms with E-state index in [1.54, 1.807) is 0 Å². The molecule has 3 heteroatoms. The Kier molecular flexibility index (Phi) is 4.53. The molecule has 4 rings (SSSR count). The second kappa shape index (κ2) is 6.79. The number of allylic oxidation sites excluding steroid dienone is 1. The Morgan fingerprint density at radius 1 is 0.917 bits per heavy atom. The summed E-state index contributed by atoms with van der Waals surface area (Å²) in [7, 11) is 0. The van der Waals surface area contributed by atoms with E-state index in [1.807, 2.05) is 6.07 Å². The average molecular weight is 326 g/mol. The Morgan fingerprint density at radius 2 is 1.71 bits per heavy atom. The monoisotopic (exact) mass is 325 g/mol. The molecular formula is C21H31N3. The quantitative estimate of drug-likeness (QED) is 0.624. The molecule has 3 unspecified atom stereocenters. The lowest BCUT2D eigenvalue weighted by Crippen LogP contribution is -2.47. The van der Waals surface area contributed by atoms with Gasteiger partial charge in [-0.25, -0.2) is 0 Å². The third kappa shape index (κ3) is 2.95. The summed E-state index contributed by atoms with van der Waals surface area (Å²) < 4.78 is 0. The van der Waals surface area contributed by atoms with Crippen molar-refractivity contribution in [3.05, 3.63) is 35.9 Å². The van der Waals surface area contributed by atoms with Gasteiger partial charge in [0.25, 0.3) is 0 Å². The van der Waals surface area contributed by atoms with Crippen LogP contribution in [0, 0.1) is 0 Å². The van der Waals surface area contributed by atoms with Gasteiger partial charge in [0.2, 0.25) is 0 Å². The minimum Gasteiger partial charge on any atom is -0.397 e. The first-order chi connectivity index (χ1) is 11.7. The molecule has 2 heterocycles. The maximum Gasteiger partial charge on any atom is 0.0583 e. The van der Waals surface area contributed by atoms with E-state index in [-0.39, 0.29) is 0 Å². The maximum atomic E-state index is 6.29. The van der Waals surface area contributed by atoms with Crippen LogP contribution in [0.4, 0.5) is 11.4 Å². The molecule has 1 aromatic rings. The van der Waals surface area contributed by atoms with Crippen LogP contribution in [0.5, 0.6) is 0 Å². The van der Waals surface area contributed by atoms with Crippen molar-refractivity contribution >= 4 is 11.4 Å². The lowest BCUT2D eigenvalue weighted by atomic mass is 9.82. The summed E-state index contributed by atoms with van der Waals surface area (Å²) in [6.45, 7) is 0. The molecule has 0 saturated carbocycles. The zero-order valence-corrected chi connectivity index (χ0v) is 14.7. The molecule has 4 N–H and O–H groups in total. The number of nitrogens with two attached hydrogens (primary N) is 2. The normalized spacial score (nSPS) is 35.3. The number of nitrogens with zero attached hydrogens (tertiary/aromatic N) is 1. The van der Waals surface area contributed by atoms with Gasteiger partial charge >= 0.3 is 0 Å². The van der Waals surface area contributed by atoms with E-state index in [0.29, 0.717) is 12.0 Å². The van der Waals surface area contributed by atoms with E-state index in [9.17, 15) is 0 Å². The van der Waals surface area contributed by atoms with Gasteiger partial charge in [-0.3, -0.25) is 4.90 Å². The van der Waals surface area contributed by atoms with Crippen LogP contribution in [0.2, 0.25) is 0 Å². The fraction of sp³-hybridized carbons (Fsp3) is 0.619. The predicted molar refractivity (Wildman–Crippen MR) is 102 cm³/mol. The minimum atomic E-state index is 0.583. The lowest BCUT2D eigenvalue weighted by Gasteiger charge is -2.43. The van der Waals surface area contributed by atoms with Crippen molar-refractivity contribution in [2.45, 2.75) is 81.8 Å². The first kappa shape index (κ1) is 16.0. The standard InChI is InChI=1S/C21H31N3/c22-20-10-6-9-19(21(20)23)15-13-17-11-12-18(14-15)24(17)16-7-4-2-1-3-5-8-16/h4,6-7,9-10,15-18H,1-3,5,8,11-14,22-23H2/b7-4-. The number of hydrogen-bond donors (Lipinski definition) is 2. The first-order valence-electron chi connectivity index (χ1n) is 9.82. The summed E-state index contributed by atoms with van der Waals surface area (Å²) in [4.78, 5) is 2.86. The van der Waals surface area contributed by atoms with E-state index in [1.165, 1.54) is 63.4 Å². The van der Waals surface area contributed by atoms with Gasteiger partial charge in [0.15, 0.2) is 0 Å². The smallest absolute Gasteiger partial charge is 0.0583 e. The van der Waals surface area contributed by atoms with Crippen LogP contribution in [0.15, 0.2) is 30.4 Å². The molecule has 0 aromatic heterocycles. The van der Waals surface area contributed by atoms with Crippen LogP contribution in [-0.4, -0.2) is 23.0 Å². The van der Waals surface area contributed by atoms with Gasteiger partial charge in [0.1, 0.15) is 0 Å². The van der Waals surface area contributed by atoms with Crippen LogP contribution >= 0.6 is 0 Å². The number of rotatable bonds is 2. The highest BCUT2D eigenvalue weighted by molar-refractivity contribution is 5.68. The van der Waals surface area contributed by atoms with Crippen molar-refractivity contribution in [1.29, 1.82) is 0 Å². The summed E-state index contributed by atoms with van der Waals surface area (Å²) in [6.07, 6.45) is 16.9. The molecule has 24 heavy (non-hydrogen) atoms. The number of para-hydroxylation sites is 1. The zero-order chi connectivity index (χ0) is 16.5. The third-order valence-corrected chi connectivity index (χ3v) is 6.51. The zero-order valence-electron chi connectivity index (χ0n) is 14.7. The molecule has 2 bridgehead atoms. The fourth-order valence-corrected chi connectivity index (χ4v) is 5.36. The van der Waals surface area contributed by atoms with E-state index in [2.05, 4.69) is 29.2 Å². The van der Waals surface area contributed by atoms with Crippen molar-refractivity contribution in [2.24, 2.45) is 0 Å². The van der Waals surface area contributed by atoms with Gasteiger partial charge in [-0.15, -0.1) is 0 Å². The number of benzene rings is 1. The predicted octanol–water partition coefficient (Wildman–Crippen LogP) is 4.45. The van der Waals surface area contributed by atoms with E-state index >= 15 is 0 Å². The highest BCUT2D eigenvalue weighted by atomic mass is 15.2. The van der Waals surface area contributed by atoms with Gasteiger partial charge in [0.05, 0.1) is 11.4 Å². The Balaban J connectivity index is 1.53. The molecule has 2 saturated heterocycles. The average Bonchev–Trinajstić information content (AvgIpc) is 2.80. The Morgan fingerprint density at radius 3 is 2.50 bits per heavy atom. The molecule has 130 valence electrons. The van der Waals surface area contributed by atoms with Crippen molar-refractivity contribution < 1.29 is 0 Å². The molecule has 3 nitrogen and oxygen atoms in total. The third-order valence-electron chi connectivity index (χ3n) is 6.51. The molecule has 2 aliphatic heterocycles. The number of piperidine rings is 1. The fourth-order valence-electron chi connectivity index (χ4n) is 5.36. The molecule has 0 spiro atoms. The molecule has 3 aliphatic rings. The number of fused-ring (bicyclic) bond motifs is 2. The molecule has 0 radical (unpaired) electrons. The number of anilines is 2. The van der Waals surface area contributed by atoms with Gasteiger partial charge in [-0.2, -0.15) is 0 Å². The van der Waals surface area contributed by atoms with Crippen molar-refractivity contribution in [2.75, 3.05) is 11.5 Å². The Labute approximate surface area is 146 Å². The molecule has 1 aliphatic carbocycles. The molecule has 0 amide bonds. The minimum absolute atomic E-state index is 0.583. The second-order valence-corrected chi connectivity index (χ2v) is 7.98. The van der Waals surface area contributed by atoms with Crippen molar-refractivity contribution in [3.8, 4) is 0 Å². The SMILES string of the molecule is Nc1cccc(C2CC3CCC(C2)N3C2/C=C\CCCCC2)c1N. The number of nitrogen functional groups attached to an aromatic ring is 2. The highest BCUT2D eigenvalue weighted by Gasteiger charge is 2.43.